The van der Waals surface area contributed by atoms with Crippen LogP contribution in [0.2, 0.25) is 0 Å². The van der Waals surface area contributed by atoms with E-state index in [1.54, 1.807) is 0 Å². The van der Waals surface area contributed by atoms with Crippen LogP contribution in [0.1, 0.15) is 86.4 Å². The minimum atomic E-state index is -0.596. The molecule has 238 valence electrons. The molecule has 0 spiro atoms. The lowest BCUT2D eigenvalue weighted by atomic mass is 9.82. The van der Waals surface area contributed by atoms with Gasteiger partial charge in [0, 0.05) is 15.1 Å². The molecular weight excluding hydrogens is 786 g/mol. The van der Waals surface area contributed by atoms with Crippen LogP contribution in [-0.4, -0.2) is 41.5 Å². The molecule has 0 bridgehead atoms. The number of aryl methyl sites for hydroxylation is 4. The number of carbonyl (C=O) groups excluding carboxylic acids is 2. The maximum absolute atomic E-state index is 12.3. The Bertz CT molecular complexity index is 1410. The van der Waals surface area contributed by atoms with Gasteiger partial charge in [-0.25, -0.2) is 9.59 Å². The van der Waals surface area contributed by atoms with E-state index in [2.05, 4.69) is 45.2 Å². The van der Waals surface area contributed by atoms with Crippen molar-refractivity contribution < 1.29 is 33.6 Å². The van der Waals surface area contributed by atoms with E-state index in [-0.39, 0.29) is 24.9 Å². The lowest BCUT2D eigenvalue weighted by Crippen LogP contribution is -2.27. The molecule has 0 aliphatic carbocycles. The van der Waals surface area contributed by atoms with Gasteiger partial charge in [-0.15, -0.1) is 0 Å². The topological polar surface area (TPSA) is 91.3 Å². The Hall–Kier alpha value is -2.54. The van der Waals surface area contributed by atoms with Crippen molar-refractivity contribution in [2.75, 3.05) is 13.2 Å². The monoisotopic (exact) mass is 828 g/mol. The van der Waals surface area contributed by atoms with Gasteiger partial charge >= 0.3 is 11.9 Å². The van der Waals surface area contributed by atoms with Gasteiger partial charge in [0.15, 0.2) is 13.2 Å². The molecule has 44 heavy (non-hydrogen) atoms. The molecule has 0 atom stereocenters. The molecular formula is C35H42I2O7. The molecule has 9 heteroatoms. The predicted octanol–water partition coefficient (Wildman–Crippen LogP) is 8.46. The van der Waals surface area contributed by atoms with Crippen LogP contribution < -0.4 is 9.47 Å². The van der Waals surface area contributed by atoms with Crippen molar-refractivity contribution in [3.8, 4) is 17.2 Å². The van der Waals surface area contributed by atoms with Gasteiger partial charge in [-0.1, -0.05) is 24.3 Å². The van der Waals surface area contributed by atoms with E-state index in [4.69, 9.17) is 18.9 Å². The molecule has 7 nitrogen and oxygen atoms in total. The maximum atomic E-state index is 12.3. The third-order valence-electron chi connectivity index (χ3n) is 6.51. The molecule has 0 fully saturated rings. The zero-order chi connectivity index (χ0) is 33.1. The van der Waals surface area contributed by atoms with Crippen molar-refractivity contribution in [1.82, 2.24) is 0 Å². The zero-order valence-corrected chi connectivity index (χ0v) is 31.4. The number of aromatic hydroxyl groups is 1. The Morgan fingerprint density at radius 2 is 1.05 bits per heavy atom. The fourth-order valence-corrected chi connectivity index (χ4v) is 7.01. The van der Waals surface area contributed by atoms with Crippen LogP contribution in [0.25, 0.3) is 0 Å². The summed E-state index contributed by atoms with van der Waals surface area (Å²) >= 11 is 4.42. The molecule has 3 rings (SSSR count). The van der Waals surface area contributed by atoms with Crippen LogP contribution in [-0.2, 0) is 19.1 Å². The van der Waals surface area contributed by atoms with E-state index >= 15 is 0 Å². The molecule has 0 saturated carbocycles. The van der Waals surface area contributed by atoms with E-state index in [0.29, 0.717) is 11.5 Å². The van der Waals surface area contributed by atoms with Crippen LogP contribution in [0.3, 0.4) is 0 Å². The van der Waals surface area contributed by atoms with Gasteiger partial charge in [-0.05, 0) is 160 Å². The Labute approximate surface area is 288 Å². The summed E-state index contributed by atoms with van der Waals surface area (Å²) in [4.78, 5) is 24.6. The molecule has 3 aromatic carbocycles. The lowest BCUT2D eigenvalue weighted by molar-refractivity contribution is -0.158. The smallest absolute Gasteiger partial charge is 0.344 e. The van der Waals surface area contributed by atoms with E-state index in [1.165, 1.54) is 0 Å². The predicted molar refractivity (Wildman–Crippen MR) is 189 cm³/mol. The highest BCUT2D eigenvalue weighted by Gasteiger charge is 2.26. The van der Waals surface area contributed by atoms with E-state index in [1.807, 2.05) is 106 Å². The van der Waals surface area contributed by atoms with E-state index in [0.717, 1.165) is 46.1 Å². The van der Waals surface area contributed by atoms with E-state index in [9.17, 15) is 14.7 Å². The number of halogens is 2. The third kappa shape index (κ3) is 9.73. The molecule has 0 heterocycles. The fourth-order valence-electron chi connectivity index (χ4n) is 5.12. The average Bonchev–Trinajstić information content (AvgIpc) is 2.84. The number of esters is 2. The van der Waals surface area contributed by atoms with Crippen molar-refractivity contribution >= 4 is 57.1 Å². The van der Waals surface area contributed by atoms with Crippen LogP contribution in [0.15, 0.2) is 36.4 Å². The minimum absolute atomic E-state index is 0.194. The molecule has 0 aromatic heterocycles. The summed E-state index contributed by atoms with van der Waals surface area (Å²) in [7, 11) is 0. The van der Waals surface area contributed by atoms with Gasteiger partial charge in [0.25, 0.3) is 0 Å². The van der Waals surface area contributed by atoms with Crippen LogP contribution in [0.5, 0.6) is 17.2 Å². The van der Waals surface area contributed by atoms with Crippen molar-refractivity contribution in [3.05, 3.63) is 82.5 Å². The minimum Gasteiger partial charge on any atom is -0.507 e. The summed E-state index contributed by atoms with van der Waals surface area (Å²) in [5.41, 5.74) is 4.93. The highest BCUT2D eigenvalue weighted by molar-refractivity contribution is 14.1. The van der Waals surface area contributed by atoms with Crippen LogP contribution in [0.4, 0.5) is 0 Å². The first-order valence-electron chi connectivity index (χ1n) is 14.3. The largest absolute Gasteiger partial charge is 0.507 e. The SMILES string of the molecule is Cc1cc(C(c2cc(C)c(OCC(=O)OC(C)(C)C)c(C)c2)c2cc(I)cc(I)c2O)cc(C)c1OCC(=O)OC(C)(C)C. The molecule has 0 aliphatic rings. The van der Waals surface area contributed by atoms with Crippen molar-refractivity contribution in [1.29, 1.82) is 0 Å². The summed E-state index contributed by atoms with van der Waals surface area (Å²) in [6.07, 6.45) is 0. The zero-order valence-electron chi connectivity index (χ0n) is 27.1. The van der Waals surface area contributed by atoms with Gasteiger partial charge in [-0.3, -0.25) is 0 Å². The number of hydrogen-bond acceptors (Lipinski definition) is 7. The molecule has 0 aliphatic heterocycles. The van der Waals surface area contributed by atoms with E-state index < -0.39 is 23.1 Å². The second-order valence-electron chi connectivity index (χ2n) is 13.0. The van der Waals surface area contributed by atoms with Crippen molar-refractivity contribution in [2.45, 2.75) is 86.4 Å². The molecule has 0 unspecified atom stereocenters. The Morgan fingerprint density at radius 3 is 1.39 bits per heavy atom. The first-order chi connectivity index (χ1) is 20.3. The van der Waals surface area contributed by atoms with Gasteiger partial charge < -0.3 is 24.1 Å². The van der Waals surface area contributed by atoms with Crippen LogP contribution in [0, 0.1) is 34.8 Å². The highest BCUT2D eigenvalue weighted by atomic mass is 127. The average molecular weight is 829 g/mol. The number of ether oxygens (including phenoxy) is 4. The van der Waals surface area contributed by atoms with Gasteiger partial charge in [-0.2, -0.15) is 0 Å². The third-order valence-corrected chi connectivity index (χ3v) is 7.95. The standard InChI is InChI=1S/C35H42I2O7/c1-19-11-23(12-20(2)32(19)41-17-28(38)43-34(5,6)7)30(26-15-25(36)16-27(37)31(26)40)24-13-21(3)33(22(4)14-24)42-18-29(39)44-35(8,9)10/h11-16,30,40H,17-18H2,1-10H3. The quantitative estimate of drug-likeness (QED) is 0.132. The number of benzene rings is 3. The van der Waals surface area contributed by atoms with Gasteiger partial charge in [0.1, 0.15) is 28.5 Å². The maximum Gasteiger partial charge on any atom is 0.344 e. The molecule has 0 amide bonds. The number of rotatable bonds is 9. The number of hydrogen-bond donors (Lipinski definition) is 1. The second-order valence-corrected chi connectivity index (χ2v) is 15.4. The first-order valence-corrected chi connectivity index (χ1v) is 16.5. The summed E-state index contributed by atoms with van der Waals surface area (Å²) in [6.45, 7) is 18.3. The highest BCUT2D eigenvalue weighted by Crippen LogP contribution is 2.43. The normalized spacial score (nSPS) is 11.8. The number of phenols is 1. The molecule has 0 radical (unpaired) electrons. The summed E-state index contributed by atoms with van der Waals surface area (Å²) in [5, 5.41) is 11.3. The van der Waals surface area contributed by atoms with Crippen molar-refractivity contribution in [3.63, 3.8) is 0 Å². The Kier molecular flexibility index (Phi) is 11.6. The second kappa shape index (κ2) is 14.3. The van der Waals surface area contributed by atoms with Crippen LogP contribution >= 0.6 is 45.2 Å². The molecule has 3 aromatic rings. The summed E-state index contributed by atoms with van der Waals surface area (Å²) in [6, 6.07) is 12.1. The van der Waals surface area contributed by atoms with Gasteiger partial charge in [0.05, 0.1) is 3.57 Å². The number of phenolic OH excluding ortho intramolecular Hbond substituents is 1. The van der Waals surface area contributed by atoms with Crippen molar-refractivity contribution in [2.24, 2.45) is 0 Å². The summed E-state index contributed by atoms with van der Waals surface area (Å²) < 4.78 is 24.4. The fraction of sp³-hybridized carbons (Fsp3) is 0.429. The Morgan fingerprint density at radius 1 is 0.682 bits per heavy atom. The molecule has 0 saturated heterocycles. The van der Waals surface area contributed by atoms with Gasteiger partial charge in [0.2, 0.25) is 0 Å². The summed E-state index contributed by atoms with van der Waals surface area (Å²) in [5.74, 6) is 0.272. The Balaban J connectivity index is 2.06. The number of carbonyl (C=O) groups is 2. The molecule has 1 N–H and O–H groups in total. The lowest BCUT2D eigenvalue weighted by Gasteiger charge is -2.25. The first kappa shape index (κ1) is 35.9.